The minimum absolute atomic E-state index is 0.177. The summed E-state index contributed by atoms with van der Waals surface area (Å²) in [7, 11) is 0. The first-order chi connectivity index (χ1) is 9.22. The highest BCUT2D eigenvalue weighted by Crippen LogP contribution is 2.31. The van der Waals surface area contributed by atoms with Crippen molar-refractivity contribution in [2.45, 2.75) is 0 Å². The van der Waals surface area contributed by atoms with Crippen molar-refractivity contribution in [3.63, 3.8) is 0 Å². The van der Waals surface area contributed by atoms with Crippen LogP contribution >= 0.6 is 11.6 Å². The maximum atomic E-state index is 9.56. The first-order valence-electron chi connectivity index (χ1n) is 5.73. The molecule has 0 spiro atoms. The summed E-state index contributed by atoms with van der Waals surface area (Å²) in [6.45, 7) is 0. The Labute approximate surface area is 115 Å². The molecule has 0 saturated heterocycles. The smallest absolute Gasteiger partial charge is 0.138 e. The Balaban J connectivity index is 2.07. The van der Waals surface area contributed by atoms with Gasteiger partial charge in [0, 0.05) is 16.6 Å². The first-order valence-corrected chi connectivity index (χ1v) is 6.11. The van der Waals surface area contributed by atoms with Crippen LogP contribution in [-0.4, -0.2) is 10.1 Å². The van der Waals surface area contributed by atoms with E-state index in [1.54, 1.807) is 42.6 Å². The normalized spacial score (nSPS) is 10.6. The van der Waals surface area contributed by atoms with Gasteiger partial charge in [-0.1, -0.05) is 17.7 Å². The lowest BCUT2D eigenvalue weighted by atomic mass is 10.2. The van der Waals surface area contributed by atoms with Gasteiger partial charge in [0.2, 0.25) is 0 Å². The molecule has 1 N–H and O–H groups in total. The molecule has 1 heterocycles. The van der Waals surface area contributed by atoms with E-state index < -0.39 is 0 Å². The van der Waals surface area contributed by atoms with Crippen LogP contribution in [0.3, 0.4) is 0 Å². The van der Waals surface area contributed by atoms with Gasteiger partial charge in [-0.05, 0) is 42.5 Å². The number of phenolic OH excluding ortho intramolecular Hbond substituents is 1. The van der Waals surface area contributed by atoms with Crippen LogP contribution in [0.5, 0.6) is 17.2 Å². The van der Waals surface area contributed by atoms with E-state index in [0.29, 0.717) is 16.5 Å². The Morgan fingerprint density at radius 1 is 1.05 bits per heavy atom. The average molecular weight is 272 g/mol. The Morgan fingerprint density at radius 2 is 1.95 bits per heavy atom. The van der Waals surface area contributed by atoms with Gasteiger partial charge in [-0.2, -0.15) is 0 Å². The third kappa shape index (κ3) is 2.46. The third-order valence-electron chi connectivity index (χ3n) is 2.71. The van der Waals surface area contributed by atoms with Crippen molar-refractivity contribution in [3.8, 4) is 17.2 Å². The average Bonchev–Trinajstić information content (AvgIpc) is 2.39. The molecule has 0 aliphatic carbocycles. The number of benzene rings is 2. The van der Waals surface area contributed by atoms with E-state index in [2.05, 4.69) is 4.98 Å². The maximum absolute atomic E-state index is 9.56. The second kappa shape index (κ2) is 4.78. The van der Waals surface area contributed by atoms with Gasteiger partial charge in [0.25, 0.3) is 0 Å². The number of aromatic hydroxyl groups is 1. The zero-order valence-electron chi connectivity index (χ0n) is 9.88. The van der Waals surface area contributed by atoms with Gasteiger partial charge < -0.3 is 9.84 Å². The summed E-state index contributed by atoms with van der Waals surface area (Å²) in [5, 5.41) is 10.9. The molecule has 3 nitrogen and oxygen atoms in total. The molecule has 0 fully saturated rings. The number of aromatic nitrogens is 1. The van der Waals surface area contributed by atoms with Crippen LogP contribution in [0.25, 0.3) is 10.9 Å². The summed E-state index contributed by atoms with van der Waals surface area (Å²) >= 11 is 5.92. The van der Waals surface area contributed by atoms with Gasteiger partial charge >= 0.3 is 0 Å². The van der Waals surface area contributed by atoms with Crippen molar-refractivity contribution in [1.29, 1.82) is 0 Å². The van der Waals surface area contributed by atoms with Crippen molar-refractivity contribution < 1.29 is 9.84 Å². The SMILES string of the molecule is Oc1ccc2nccc(Oc3cccc(Cl)c3)c2c1. The molecule has 19 heavy (non-hydrogen) atoms. The monoisotopic (exact) mass is 271 g/mol. The Morgan fingerprint density at radius 3 is 2.79 bits per heavy atom. The number of ether oxygens (including phenoxy) is 1. The van der Waals surface area contributed by atoms with Gasteiger partial charge in [-0.3, -0.25) is 4.98 Å². The molecule has 3 aromatic rings. The predicted octanol–water partition coefficient (Wildman–Crippen LogP) is 4.39. The molecule has 0 amide bonds. The predicted molar refractivity (Wildman–Crippen MR) is 74.9 cm³/mol. The minimum atomic E-state index is 0.177. The van der Waals surface area contributed by atoms with Crippen LogP contribution in [-0.2, 0) is 0 Å². The number of fused-ring (bicyclic) bond motifs is 1. The highest BCUT2D eigenvalue weighted by Gasteiger charge is 2.05. The first kappa shape index (κ1) is 11.8. The quantitative estimate of drug-likeness (QED) is 0.752. The molecule has 4 heteroatoms. The van der Waals surface area contributed by atoms with Gasteiger partial charge in [-0.25, -0.2) is 0 Å². The van der Waals surface area contributed by atoms with Crippen molar-refractivity contribution in [2.24, 2.45) is 0 Å². The van der Waals surface area contributed by atoms with E-state index in [9.17, 15) is 5.11 Å². The molecule has 0 radical (unpaired) electrons. The Hall–Kier alpha value is -2.26. The molecule has 0 bridgehead atoms. The third-order valence-corrected chi connectivity index (χ3v) is 2.94. The molecule has 0 aliphatic heterocycles. The molecule has 94 valence electrons. The molecule has 0 unspecified atom stereocenters. The lowest BCUT2D eigenvalue weighted by Crippen LogP contribution is -1.87. The number of hydrogen-bond acceptors (Lipinski definition) is 3. The molecule has 0 saturated carbocycles. The number of hydrogen-bond donors (Lipinski definition) is 1. The van der Waals surface area contributed by atoms with Crippen LogP contribution in [0.15, 0.2) is 54.7 Å². The molecule has 0 aliphatic rings. The zero-order chi connectivity index (χ0) is 13.2. The Kier molecular flexibility index (Phi) is 2.97. The molecule has 1 aromatic heterocycles. The highest BCUT2D eigenvalue weighted by molar-refractivity contribution is 6.30. The fourth-order valence-electron chi connectivity index (χ4n) is 1.86. The van der Waals surface area contributed by atoms with Crippen LogP contribution in [0.4, 0.5) is 0 Å². The van der Waals surface area contributed by atoms with E-state index in [1.165, 1.54) is 0 Å². The van der Waals surface area contributed by atoms with Gasteiger partial charge in [0.05, 0.1) is 5.52 Å². The van der Waals surface area contributed by atoms with Gasteiger partial charge in [0.15, 0.2) is 0 Å². The van der Waals surface area contributed by atoms with E-state index in [-0.39, 0.29) is 5.75 Å². The fraction of sp³-hybridized carbons (Fsp3) is 0. The van der Waals surface area contributed by atoms with Crippen molar-refractivity contribution in [1.82, 2.24) is 4.98 Å². The van der Waals surface area contributed by atoms with Crippen LogP contribution in [0, 0.1) is 0 Å². The lowest BCUT2D eigenvalue weighted by Gasteiger charge is -2.09. The van der Waals surface area contributed by atoms with E-state index in [1.807, 2.05) is 12.1 Å². The fourth-order valence-corrected chi connectivity index (χ4v) is 2.04. The number of nitrogens with zero attached hydrogens (tertiary/aromatic N) is 1. The number of rotatable bonds is 2. The number of phenols is 1. The van der Waals surface area contributed by atoms with Crippen molar-refractivity contribution >= 4 is 22.5 Å². The molecular formula is C15H10ClNO2. The summed E-state index contributed by atoms with van der Waals surface area (Å²) in [5.41, 5.74) is 0.761. The van der Waals surface area contributed by atoms with E-state index in [4.69, 9.17) is 16.3 Å². The van der Waals surface area contributed by atoms with Crippen LogP contribution in [0.2, 0.25) is 5.02 Å². The second-order valence-corrected chi connectivity index (χ2v) is 4.51. The molecular weight excluding hydrogens is 262 g/mol. The second-order valence-electron chi connectivity index (χ2n) is 4.07. The van der Waals surface area contributed by atoms with E-state index >= 15 is 0 Å². The maximum Gasteiger partial charge on any atom is 0.138 e. The minimum Gasteiger partial charge on any atom is -0.508 e. The molecule has 3 rings (SSSR count). The van der Waals surface area contributed by atoms with E-state index in [0.717, 1.165) is 10.9 Å². The van der Waals surface area contributed by atoms with Crippen molar-refractivity contribution in [3.05, 3.63) is 59.8 Å². The summed E-state index contributed by atoms with van der Waals surface area (Å²) in [5.74, 6) is 1.45. The standard InChI is InChI=1S/C15H10ClNO2/c16-10-2-1-3-12(8-10)19-15-6-7-17-14-5-4-11(18)9-13(14)15/h1-9,18H. The summed E-state index contributed by atoms with van der Waals surface area (Å²) < 4.78 is 5.79. The largest absolute Gasteiger partial charge is 0.508 e. The summed E-state index contributed by atoms with van der Waals surface area (Å²) in [6, 6.07) is 13.9. The molecule has 0 atom stereocenters. The number of pyridine rings is 1. The zero-order valence-corrected chi connectivity index (χ0v) is 10.6. The van der Waals surface area contributed by atoms with Crippen LogP contribution in [0.1, 0.15) is 0 Å². The van der Waals surface area contributed by atoms with Crippen LogP contribution < -0.4 is 4.74 Å². The highest BCUT2D eigenvalue weighted by atomic mass is 35.5. The summed E-state index contributed by atoms with van der Waals surface area (Å²) in [6.07, 6.45) is 1.67. The van der Waals surface area contributed by atoms with Gasteiger partial charge in [0.1, 0.15) is 17.2 Å². The topological polar surface area (TPSA) is 42.4 Å². The Bertz CT molecular complexity index is 743. The molecule has 2 aromatic carbocycles. The summed E-state index contributed by atoms with van der Waals surface area (Å²) in [4.78, 5) is 4.22. The number of halogens is 1. The van der Waals surface area contributed by atoms with Crippen molar-refractivity contribution in [2.75, 3.05) is 0 Å². The van der Waals surface area contributed by atoms with Gasteiger partial charge in [-0.15, -0.1) is 0 Å². The lowest BCUT2D eigenvalue weighted by molar-refractivity contribution is 0.473.